The van der Waals surface area contributed by atoms with E-state index in [1.807, 2.05) is 0 Å². The number of phenols is 1. The van der Waals surface area contributed by atoms with E-state index in [1.54, 1.807) is 12.1 Å². The fourth-order valence-electron chi connectivity index (χ4n) is 2.01. The van der Waals surface area contributed by atoms with Crippen molar-refractivity contribution < 1.29 is 13.9 Å². The average Bonchev–Trinajstić information content (AvgIpc) is 2.45. The van der Waals surface area contributed by atoms with Gasteiger partial charge in [0.15, 0.2) is 17.4 Å². The summed E-state index contributed by atoms with van der Waals surface area (Å²) >= 11 is 6.57. The van der Waals surface area contributed by atoms with Crippen LogP contribution in [-0.2, 0) is 0 Å². The van der Waals surface area contributed by atoms with E-state index in [9.17, 15) is 13.6 Å². The molecule has 0 amide bonds. The lowest BCUT2D eigenvalue weighted by Crippen LogP contribution is -2.10. The quantitative estimate of drug-likeness (QED) is 0.609. The Balaban J connectivity index is 2.31. The van der Waals surface area contributed by atoms with Gasteiger partial charge in [0.25, 0.3) is 5.56 Å². The first kappa shape index (κ1) is 15.1. The molecule has 0 fully saturated rings. The molecule has 0 saturated carbocycles. The maximum Gasteiger partial charge on any atom is 0.259 e. The van der Waals surface area contributed by atoms with Gasteiger partial charge < -0.3 is 10.1 Å². The molecule has 3 aromatic rings. The van der Waals surface area contributed by atoms with Crippen LogP contribution < -0.4 is 5.56 Å². The smallest absolute Gasteiger partial charge is 0.259 e. The molecular formula is C14H6Br2F2N2O2. The van der Waals surface area contributed by atoms with E-state index in [2.05, 4.69) is 41.8 Å². The van der Waals surface area contributed by atoms with Crippen LogP contribution in [0.3, 0.4) is 0 Å². The maximum atomic E-state index is 13.4. The van der Waals surface area contributed by atoms with Crippen molar-refractivity contribution in [2.45, 2.75) is 0 Å². The van der Waals surface area contributed by atoms with Gasteiger partial charge in [0.1, 0.15) is 5.82 Å². The zero-order chi connectivity index (χ0) is 16.0. The molecule has 2 N–H and O–H groups in total. The summed E-state index contributed by atoms with van der Waals surface area (Å²) in [4.78, 5) is 18.8. The predicted octanol–water partition coefficient (Wildman–Crippen LogP) is 4.10. The summed E-state index contributed by atoms with van der Waals surface area (Å²) in [6.45, 7) is 0. The lowest BCUT2D eigenvalue weighted by atomic mass is 10.1. The number of aromatic nitrogens is 2. The lowest BCUT2D eigenvalue weighted by Gasteiger charge is -2.06. The van der Waals surface area contributed by atoms with Crippen LogP contribution in [0, 0.1) is 11.6 Å². The molecule has 0 radical (unpaired) electrons. The molecular weight excluding hydrogens is 426 g/mol. The molecule has 8 heteroatoms. The molecule has 4 nitrogen and oxygen atoms in total. The van der Waals surface area contributed by atoms with Crippen molar-refractivity contribution in [1.29, 1.82) is 0 Å². The van der Waals surface area contributed by atoms with Crippen molar-refractivity contribution in [3.63, 3.8) is 0 Å². The second-order valence-corrected chi connectivity index (χ2v) is 6.26. The summed E-state index contributed by atoms with van der Waals surface area (Å²) in [5.74, 6) is -3.34. The number of hydrogen-bond donors (Lipinski definition) is 2. The summed E-state index contributed by atoms with van der Waals surface area (Å²) < 4.78 is 28.1. The number of aromatic hydroxyl groups is 1. The highest BCUT2D eigenvalue weighted by Crippen LogP contribution is 2.29. The number of nitrogens with one attached hydrogen (secondary N) is 1. The van der Waals surface area contributed by atoms with Gasteiger partial charge in [0.05, 0.1) is 10.9 Å². The zero-order valence-corrected chi connectivity index (χ0v) is 13.8. The van der Waals surface area contributed by atoms with Gasteiger partial charge in [0, 0.05) is 14.5 Å². The fraction of sp³-hybridized carbons (Fsp3) is 0. The molecule has 1 heterocycles. The summed E-state index contributed by atoms with van der Waals surface area (Å²) in [5, 5.41) is 9.45. The second-order valence-electron chi connectivity index (χ2n) is 4.49. The van der Waals surface area contributed by atoms with E-state index in [1.165, 1.54) is 0 Å². The molecule has 0 atom stereocenters. The first-order valence-corrected chi connectivity index (χ1v) is 7.53. The molecule has 0 aliphatic rings. The molecule has 22 heavy (non-hydrogen) atoms. The molecule has 0 aliphatic carbocycles. The first-order valence-electron chi connectivity index (χ1n) is 5.94. The number of nitrogens with zero attached hydrogens (tertiary/aromatic N) is 1. The van der Waals surface area contributed by atoms with Gasteiger partial charge in [0.2, 0.25) is 0 Å². The average molecular weight is 432 g/mol. The molecule has 0 spiro atoms. The third kappa shape index (κ3) is 2.52. The third-order valence-corrected chi connectivity index (χ3v) is 4.08. The van der Waals surface area contributed by atoms with Crippen LogP contribution in [0.2, 0.25) is 0 Å². The van der Waals surface area contributed by atoms with Crippen molar-refractivity contribution in [3.8, 4) is 17.1 Å². The third-order valence-electron chi connectivity index (χ3n) is 3.02. The van der Waals surface area contributed by atoms with Crippen LogP contribution in [0.4, 0.5) is 8.78 Å². The van der Waals surface area contributed by atoms with E-state index < -0.39 is 22.9 Å². The first-order chi connectivity index (χ1) is 10.4. The number of halogens is 4. The molecule has 0 bridgehead atoms. The maximum absolute atomic E-state index is 13.4. The van der Waals surface area contributed by atoms with Gasteiger partial charge in [-0.2, -0.15) is 0 Å². The number of fused-ring (bicyclic) bond motifs is 1. The Morgan fingerprint density at radius 1 is 1.09 bits per heavy atom. The number of rotatable bonds is 1. The largest absolute Gasteiger partial charge is 0.503 e. The Hall–Kier alpha value is -1.80. The highest BCUT2D eigenvalue weighted by molar-refractivity contribution is 9.11. The normalized spacial score (nSPS) is 11.1. The van der Waals surface area contributed by atoms with Gasteiger partial charge in [-0.25, -0.2) is 13.8 Å². The fourth-order valence-corrected chi connectivity index (χ4v) is 3.32. The minimum atomic E-state index is -1.13. The molecule has 1 aromatic heterocycles. The number of hydrogen-bond acceptors (Lipinski definition) is 3. The summed E-state index contributed by atoms with van der Waals surface area (Å²) in [6, 6.07) is 5.09. The van der Waals surface area contributed by atoms with Crippen LogP contribution in [-0.4, -0.2) is 15.1 Å². The van der Waals surface area contributed by atoms with Crippen LogP contribution in [0.15, 0.2) is 38.0 Å². The van der Waals surface area contributed by atoms with Crippen molar-refractivity contribution in [1.82, 2.24) is 9.97 Å². The Bertz CT molecular complexity index is 950. The van der Waals surface area contributed by atoms with Crippen LogP contribution in [0.1, 0.15) is 0 Å². The molecule has 112 valence electrons. The standard InChI is InChI=1S/C14H6Br2F2N2O2/c15-6-3-7-11(8(16)4-6)19-13(20-14(7)22)5-1-9(17)12(21)10(18)2-5/h1-4,21H,(H,19,20,22). The van der Waals surface area contributed by atoms with E-state index in [0.29, 0.717) is 19.8 Å². The minimum Gasteiger partial charge on any atom is -0.503 e. The Kier molecular flexibility index (Phi) is 3.73. The van der Waals surface area contributed by atoms with Crippen molar-refractivity contribution in [2.24, 2.45) is 0 Å². The number of H-pyrrole nitrogens is 1. The van der Waals surface area contributed by atoms with E-state index in [-0.39, 0.29) is 11.4 Å². The van der Waals surface area contributed by atoms with Crippen LogP contribution >= 0.6 is 31.9 Å². The van der Waals surface area contributed by atoms with E-state index >= 15 is 0 Å². The molecule has 0 saturated heterocycles. The Morgan fingerprint density at radius 2 is 1.73 bits per heavy atom. The predicted molar refractivity (Wildman–Crippen MR) is 84.8 cm³/mol. The Morgan fingerprint density at radius 3 is 2.36 bits per heavy atom. The SMILES string of the molecule is O=c1[nH]c(-c2cc(F)c(O)c(F)c2)nc2c(Br)cc(Br)cc12. The van der Waals surface area contributed by atoms with Crippen molar-refractivity contribution in [3.05, 3.63) is 55.2 Å². The second kappa shape index (κ2) is 5.44. The van der Waals surface area contributed by atoms with Crippen LogP contribution in [0.25, 0.3) is 22.3 Å². The van der Waals surface area contributed by atoms with E-state index in [0.717, 1.165) is 12.1 Å². The van der Waals surface area contributed by atoms with E-state index in [4.69, 9.17) is 5.11 Å². The van der Waals surface area contributed by atoms with Gasteiger partial charge in [-0.15, -0.1) is 0 Å². The highest BCUT2D eigenvalue weighted by Gasteiger charge is 2.14. The lowest BCUT2D eigenvalue weighted by molar-refractivity contribution is 0.396. The number of phenolic OH excluding ortho intramolecular Hbond substituents is 1. The summed E-state index contributed by atoms with van der Waals surface area (Å²) in [5.41, 5.74) is -0.0756. The molecule has 3 rings (SSSR count). The van der Waals surface area contributed by atoms with Gasteiger partial charge >= 0.3 is 0 Å². The molecule has 0 unspecified atom stereocenters. The highest BCUT2D eigenvalue weighted by atomic mass is 79.9. The molecule has 2 aromatic carbocycles. The Labute approximate surface area is 139 Å². The van der Waals surface area contributed by atoms with Crippen LogP contribution in [0.5, 0.6) is 5.75 Å². The topological polar surface area (TPSA) is 66.0 Å². The van der Waals surface area contributed by atoms with Crippen molar-refractivity contribution >= 4 is 42.8 Å². The monoisotopic (exact) mass is 430 g/mol. The van der Waals surface area contributed by atoms with Gasteiger partial charge in [-0.05, 0) is 40.2 Å². The van der Waals surface area contributed by atoms with Gasteiger partial charge in [-0.3, -0.25) is 4.79 Å². The summed E-state index contributed by atoms with van der Waals surface area (Å²) in [6.07, 6.45) is 0. The number of benzene rings is 2. The summed E-state index contributed by atoms with van der Waals surface area (Å²) in [7, 11) is 0. The van der Waals surface area contributed by atoms with Crippen molar-refractivity contribution in [2.75, 3.05) is 0 Å². The molecule has 0 aliphatic heterocycles. The number of aromatic amines is 1. The zero-order valence-electron chi connectivity index (χ0n) is 10.6. The minimum absolute atomic E-state index is 0.00155. The van der Waals surface area contributed by atoms with Gasteiger partial charge in [-0.1, -0.05) is 15.9 Å².